The number of carbonyl (C=O) groups is 1. The Labute approximate surface area is 142 Å². The van der Waals surface area contributed by atoms with Crippen molar-refractivity contribution in [3.8, 4) is 5.75 Å². The van der Waals surface area contributed by atoms with Gasteiger partial charge in [-0.05, 0) is 43.3 Å². The molecule has 0 fully saturated rings. The standard InChI is InChI=1S/C17H19N3O2.ClH/c1-13(18-2)20(3)15-11-9-14(10-12-15)19-17(21)22-16-7-5-4-6-8-16;/h4-12H,1-3H3,(H,19,21);1H. The summed E-state index contributed by atoms with van der Waals surface area (Å²) in [5.41, 5.74) is 1.66. The van der Waals surface area contributed by atoms with Gasteiger partial charge in [0.2, 0.25) is 0 Å². The fraction of sp³-hybridized carbons (Fsp3) is 0.176. The molecule has 2 aromatic rings. The first-order valence-electron chi connectivity index (χ1n) is 6.91. The van der Waals surface area contributed by atoms with Gasteiger partial charge < -0.3 is 9.64 Å². The van der Waals surface area contributed by atoms with E-state index < -0.39 is 6.09 Å². The average molecular weight is 334 g/mol. The van der Waals surface area contributed by atoms with Gasteiger partial charge in [0.05, 0.1) is 5.84 Å². The number of anilines is 2. The molecule has 0 aliphatic heterocycles. The fourth-order valence-corrected chi connectivity index (χ4v) is 1.84. The first kappa shape index (κ1) is 18.5. The van der Waals surface area contributed by atoms with E-state index in [-0.39, 0.29) is 12.4 Å². The summed E-state index contributed by atoms with van der Waals surface area (Å²) in [6.45, 7) is 1.93. The number of carbonyl (C=O) groups excluding carboxylic acids is 1. The molecule has 0 saturated carbocycles. The van der Waals surface area contributed by atoms with Crippen LogP contribution in [-0.4, -0.2) is 26.0 Å². The van der Waals surface area contributed by atoms with Crippen LogP contribution in [0.15, 0.2) is 59.6 Å². The molecule has 1 amide bonds. The van der Waals surface area contributed by atoms with Gasteiger partial charge in [0.25, 0.3) is 0 Å². The van der Waals surface area contributed by atoms with Crippen LogP contribution in [0.5, 0.6) is 5.75 Å². The Morgan fingerprint density at radius 3 is 2.26 bits per heavy atom. The Morgan fingerprint density at radius 1 is 1.09 bits per heavy atom. The third kappa shape index (κ3) is 5.30. The van der Waals surface area contributed by atoms with Crippen LogP contribution in [0.2, 0.25) is 0 Å². The van der Waals surface area contributed by atoms with Crippen molar-refractivity contribution in [1.82, 2.24) is 0 Å². The Kier molecular flexibility index (Phi) is 7.09. The summed E-state index contributed by atoms with van der Waals surface area (Å²) >= 11 is 0. The molecule has 0 aromatic heterocycles. The van der Waals surface area contributed by atoms with E-state index in [0.29, 0.717) is 11.4 Å². The molecule has 0 heterocycles. The van der Waals surface area contributed by atoms with E-state index in [2.05, 4.69) is 10.3 Å². The number of nitrogens with one attached hydrogen (secondary N) is 1. The molecule has 0 bridgehead atoms. The molecule has 2 rings (SSSR count). The number of para-hydroxylation sites is 1. The Bertz CT molecular complexity index is 657. The van der Waals surface area contributed by atoms with Crippen molar-refractivity contribution in [2.45, 2.75) is 6.92 Å². The number of halogens is 1. The third-order valence-corrected chi connectivity index (χ3v) is 3.26. The molecule has 0 saturated heterocycles. The van der Waals surface area contributed by atoms with Crippen LogP contribution < -0.4 is 15.0 Å². The van der Waals surface area contributed by atoms with E-state index in [1.54, 1.807) is 19.2 Å². The smallest absolute Gasteiger partial charge is 0.410 e. The van der Waals surface area contributed by atoms with Crippen LogP contribution >= 0.6 is 12.4 Å². The average Bonchev–Trinajstić information content (AvgIpc) is 2.55. The monoisotopic (exact) mass is 333 g/mol. The largest absolute Gasteiger partial charge is 0.417 e. The molecule has 1 N–H and O–H groups in total. The summed E-state index contributed by atoms with van der Waals surface area (Å²) in [4.78, 5) is 17.9. The summed E-state index contributed by atoms with van der Waals surface area (Å²) in [5.74, 6) is 1.41. The van der Waals surface area contributed by atoms with Gasteiger partial charge in [-0.3, -0.25) is 10.3 Å². The first-order chi connectivity index (χ1) is 10.6. The SMILES string of the molecule is CN=C(C)N(C)c1ccc(NC(=O)Oc2ccccc2)cc1.Cl. The molecule has 122 valence electrons. The lowest BCUT2D eigenvalue weighted by atomic mass is 10.2. The zero-order chi connectivity index (χ0) is 15.9. The minimum atomic E-state index is -0.515. The highest BCUT2D eigenvalue weighted by atomic mass is 35.5. The van der Waals surface area contributed by atoms with Crippen LogP contribution in [-0.2, 0) is 0 Å². The van der Waals surface area contributed by atoms with Gasteiger partial charge in [-0.1, -0.05) is 18.2 Å². The summed E-state index contributed by atoms with van der Waals surface area (Å²) in [5, 5.41) is 2.69. The minimum Gasteiger partial charge on any atom is -0.410 e. The first-order valence-corrected chi connectivity index (χ1v) is 6.91. The van der Waals surface area contributed by atoms with E-state index in [1.807, 2.05) is 61.3 Å². The predicted octanol–water partition coefficient (Wildman–Crippen LogP) is 4.20. The van der Waals surface area contributed by atoms with Gasteiger partial charge in [0.15, 0.2) is 0 Å². The lowest BCUT2D eigenvalue weighted by Crippen LogP contribution is -2.23. The van der Waals surface area contributed by atoms with E-state index >= 15 is 0 Å². The summed E-state index contributed by atoms with van der Waals surface area (Å²) in [6.07, 6.45) is -0.515. The molecule has 0 atom stereocenters. The molecular weight excluding hydrogens is 314 g/mol. The number of hydrogen-bond donors (Lipinski definition) is 1. The second-order valence-corrected chi connectivity index (χ2v) is 4.70. The van der Waals surface area contributed by atoms with Crippen molar-refractivity contribution in [1.29, 1.82) is 0 Å². The molecule has 2 aromatic carbocycles. The number of aliphatic imine (C=N–C) groups is 1. The Balaban J connectivity index is 0.00000264. The van der Waals surface area contributed by atoms with Gasteiger partial charge in [-0.2, -0.15) is 0 Å². The normalized spacial score (nSPS) is 10.5. The van der Waals surface area contributed by atoms with Crippen LogP contribution in [0.4, 0.5) is 16.2 Å². The lowest BCUT2D eigenvalue weighted by molar-refractivity contribution is 0.215. The zero-order valence-corrected chi connectivity index (χ0v) is 14.1. The van der Waals surface area contributed by atoms with Crippen LogP contribution in [0.3, 0.4) is 0 Å². The number of benzene rings is 2. The summed E-state index contributed by atoms with van der Waals surface area (Å²) in [6, 6.07) is 16.4. The molecule has 0 aliphatic rings. The van der Waals surface area contributed by atoms with E-state index in [4.69, 9.17) is 4.74 Å². The van der Waals surface area contributed by atoms with Crippen molar-refractivity contribution in [3.05, 3.63) is 54.6 Å². The van der Waals surface area contributed by atoms with Gasteiger partial charge in [0.1, 0.15) is 5.75 Å². The Morgan fingerprint density at radius 2 is 1.70 bits per heavy atom. The number of ether oxygens (including phenoxy) is 1. The summed E-state index contributed by atoms with van der Waals surface area (Å²) < 4.78 is 5.17. The van der Waals surface area contributed by atoms with Crippen molar-refractivity contribution in [3.63, 3.8) is 0 Å². The van der Waals surface area contributed by atoms with Gasteiger partial charge in [-0.15, -0.1) is 12.4 Å². The molecule has 0 aliphatic carbocycles. The maximum absolute atomic E-state index is 11.8. The molecule has 23 heavy (non-hydrogen) atoms. The van der Waals surface area contributed by atoms with Gasteiger partial charge in [-0.25, -0.2) is 4.79 Å². The maximum Gasteiger partial charge on any atom is 0.417 e. The number of rotatable bonds is 3. The second kappa shape index (κ2) is 8.80. The van der Waals surface area contributed by atoms with Crippen LogP contribution in [0, 0.1) is 0 Å². The number of nitrogens with zero attached hydrogens (tertiary/aromatic N) is 2. The van der Waals surface area contributed by atoms with Gasteiger partial charge in [0, 0.05) is 25.5 Å². The molecule has 5 nitrogen and oxygen atoms in total. The topological polar surface area (TPSA) is 53.9 Å². The maximum atomic E-state index is 11.8. The number of amides is 1. The molecular formula is C17H20ClN3O2. The molecule has 0 radical (unpaired) electrons. The van der Waals surface area contributed by atoms with E-state index in [0.717, 1.165) is 11.5 Å². The van der Waals surface area contributed by atoms with E-state index in [9.17, 15) is 4.79 Å². The molecule has 6 heteroatoms. The minimum absolute atomic E-state index is 0. The number of amidine groups is 1. The molecule has 0 spiro atoms. The van der Waals surface area contributed by atoms with Crippen molar-refractivity contribution < 1.29 is 9.53 Å². The zero-order valence-electron chi connectivity index (χ0n) is 13.3. The molecule has 0 unspecified atom stereocenters. The van der Waals surface area contributed by atoms with Crippen LogP contribution in [0.25, 0.3) is 0 Å². The van der Waals surface area contributed by atoms with Crippen molar-refractivity contribution >= 4 is 35.7 Å². The lowest BCUT2D eigenvalue weighted by Gasteiger charge is -2.18. The number of hydrogen-bond acceptors (Lipinski definition) is 3. The Hall–Kier alpha value is -2.53. The summed E-state index contributed by atoms with van der Waals surface area (Å²) in [7, 11) is 3.69. The van der Waals surface area contributed by atoms with Crippen molar-refractivity contribution in [2.75, 3.05) is 24.3 Å². The third-order valence-electron chi connectivity index (χ3n) is 3.26. The highest BCUT2D eigenvalue weighted by Crippen LogP contribution is 2.18. The predicted molar refractivity (Wildman–Crippen MR) is 97.2 cm³/mol. The van der Waals surface area contributed by atoms with E-state index in [1.165, 1.54) is 0 Å². The van der Waals surface area contributed by atoms with Crippen molar-refractivity contribution in [2.24, 2.45) is 4.99 Å². The second-order valence-electron chi connectivity index (χ2n) is 4.70. The quantitative estimate of drug-likeness (QED) is 0.676. The highest BCUT2D eigenvalue weighted by Gasteiger charge is 2.06. The van der Waals surface area contributed by atoms with Crippen LogP contribution in [0.1, 0.15) is 6.92 Å². The highest BCUT2D eigenvalue weighted by molar-refractivity contribution is 5.95. The van der Waals surface area contributed by atoms with Gasteiger partial charge >= 0.3 is 6.09 Å². The fourth-order valence-electron chi connectivity index (χ4n) is 1.84.